The van der Waals surface area contributed by atoms with E-state index >= 15 is 0 Å². The average Bonchev–Trinajstić information content (AvgIpc) is 2.54. The van der Waals surface area contributed by atoms with Crippen LogP contribution in [-0.4, -0.2) is 4.98 Å². The molecule has 0 radical (unpaired) electrons. The normalized spacial score (nSPS) is 10.8. The number of thioether (sulfide) groups is 1. The van der Waals surface area contributed by atoms with Crippen LogP contribution in [0.3, 0.4) is 0 Å². The molecular formula is C12H13BrN2OS. The van der Waals surface area contributed by atoms with Crippen molar-refractivity contribution in [1.82, 2.24) is 4.98 Å². The fraction of sp³-hybridized carbons (Fsp3) is 0.250. The van der Waals surface area contributed by atoms with E-state index in [1.807, 2.05) is 32.0 Å². The smallest absolute Gasteiger partial charge is 0.256 e. The lowest BCUT2D eigenvalue weighted by atomic mass is 10.2. The Morgan fingerprint density at radius 3 is 2.71 bits per heavy atom. The number of oxazole rings is 1. The van der Waals surface area contributed by atoms with Crippen LogP contribution in [0.1, 0.15) is 17.0 Å². The van der Waals surface area contributed by atoms with Crippen LogP contribution >= 0.6 is 27.7 Å². The first-order chi connectivity index (χ1) is 8.04. The maximum Gasteiger partial charge on any atom is 0.256 e. The third kappa shape index (κ3) is 3.26. The Bertz CT molecular complexity index is 500. The van der Waals surface area contributed by atoms with Crippen LogP contribution < -0.4 is 5.73 Å². The van der Waals surface area contributed by atoms with Gasteiger partial charge in [-0.15, -0.1) is 0 Å². The summed E-state index contributed by atoms with van der Waals surface area (Å²) < 4.78 is 6.50. The highest BCUT2D eigenvalue weighted by atomic mass is 79.9. The summed E-state index contributed by atoms with van der Waals surface area (Å²) in [5, 5.41) is 0.707. The van der Waals surface area contributed by atoms with Gasteiger partial charge >= 0.3 is 0 Å². The Morgan fingerprint density at radius 1 is 1.35 bits per heavy atom. The quantitative estimate of drug-likeness (QED) is 0.689. The van der Waals surface area contributed by atoms with Crippen molar-refractivity contribution >= 4 is 33.4 Å². The number of nitrogen functional groups attached to an aromatic ring is 1. The highest BCUT2D eigenvalue weighted by Crippen LogP contribution is 2.26. The van der Waals surface area contributed by atoms with Crippen molar-refractivity contribution in [3.8, 4) is 0 Å². The first-order valence-electron chi connectivity index (χ1n) is 5.16. The van der Waals surface area contributed by atoms with Gasteiger partial charge < -0.3 is 10.2 Å². The van der Waals surface area contributed by atoms with E-state index in [0.29, 0.717) is 5.22 Å². The van der Waals surface area contributed by atoms with Gasteiger partial charge in [0.05, 0.1) is 5.69 Å². The fourth-order valence-corrected chi connectivity index (χ4v) is 2.81. The molecule has 0 fully saturated rings. The SMILES string of the molecule is Cc1nc(SCc2cc(N)cc(Br)c2)oc1C. The highest BCUT2D eigenvalue weighted by Gasteiger charge is 2.06. The molecule has 2 aromatic rings. The second-order valence-electron chi connectivity index (χ2n) is 3.80. The lowest BCUT2D eigenvalue weighted by Gasteiger charge is -2.02. The van der Waals surface area contributed by atoms with Crippen LogP contribution in [0, 0.1) is 13.8 Å². The Kier molecular flexibility index (Phi) is 3.79. The first kappa shape index (κ1) is 12.5. The van der Waals surface area contributed by atoms with Crippen molar-refractivity contribution in [2.45, 2.75) is 24.8 Å². The molecular weight excluding hydrogens is 300 g/mol. The molecule has 0 bridgehead atoms. The van der Waals surface area contributed by atoms with E-state index in [1.54, 1.807) is 11.8 Å². The van der Waals surface area contributed by atoms with Crippen molar-refractivity contribution in [3.63, 3.8) is 0 Å². The standard InChI is InChI=1S/C12H13BrN2OS/c1-7-8(2)16-12(15-7)17-6-9-3-10(13)5-11(14)4-9/h3-5H,6,14H2,1-2H3. The summed E-state index contributed by atoms with van der Waals surface area (Å²) in [4.78, 5) is 4.32. The van der Waals surface area contributed by atoms with Crippen molar-refractivity contribution < 1.29 is 4.42 Å². The van der Waals surface area contributed by atoms with Gasteiger partial charge in [0, 0.05) is 15.9 Å². The fourth-order valence-electron chi connectivity index (χ4n) is 1.41. The van der Waals surface area contributed by atoms with Crippen LogP contribution in [0.15, 0.2) is 32.3 Å². The van der Waals surface area contributed by atoms with Gasteiger partial charge in [0.2, 0.25) is 0 Å². The number of anilines is 1. The molecule has 2 rings (SSSR count). The minimum atomic E-state index is 0.707. The summed E-state index contributed by atoms with van der Waals surface area (Å²) >= 11 is 5.00. The second-order valence-corrected chi connectivity index (χ2v) is 5.65. The van der Waals surface area contributed by atoms with Crippen LogP contribution in [-0.2, 0) is 5.75 Å². The lowest BCUT2D eigenvalue weighted by molar-refractivity contribution is 0.431. The monoisotopic (exact) mass is 312 g/mol. The Hall–Kier alpha value is -0.940. The molecule has 1 aromatic carbocycles. The van der Waals surface area contributed by atoms with Gasteiger partial charge in [0.15, 0.2) is 0 Å². The molecule has 0 atom stereocenters. The van der Waals surface area contributed by atoms with Gasteiger partial charge in [-0.2, -0.15) is 0 Å². The Morgan fingerprint density at radius 2 is 2.12 bits per heavy atom. The zero-order chi connectivity index (χ0) is 12.4. The van der Waals surface area contributed by atoms with Gasteiger partial charge in [-0.25, -0.2) is 4.98 Å². The number of aromatic nitrogens is 1. The van der Waals surface area contributed by atoms with Crippen LogP contribution in [0.5, 0.6) is 0 Å². The summed E-state index contributed by atoms with van der Waals surface area (Å²) in [5.74, 6) is 1.67. The summed E-state index contributed by atoms with van der Waals surface area (Å²) in [6.45, 7) is 3.86. The molecule has 0 amide bonds. The van der Waals surface area contributed by atoms with Gasteiger partial charge in [-0.3, -0.25) is 0 Å². The molecule has 0 aliphatic carbocycles. The number of benzene rings is 1. The van der Waals surface area contributed by atoms with Crippen LogP contribution in [0.25, 0.3) is 0 Å². The summed E-state index contributed by atoms with van der Waals surface area (Å²) in [6, 6.07) is 5.89. The molecule has 5 heteroatoms. The molecule has 0 saturated heterocycles. The van der Waals surface area contributed by atoms with Gasteiger partial charge in [-0.1, -0.05) is 27.7 Å². The van der Waals surface area contributed by atoms with Crippen LogP contribution in [0.2, 0.25) is 0 Å². The molecule has 0 unspecified atom stereocenters. The maximum absolute atomic E-state index is 5.78. The van der Waals surface area contributed by atoms with Crippen molar-refractivity contribution in [2.75, 3.05) is 5.73 Å². The zero-order valence-electron chi connectivity index (χ0n) is 9.66. The third-order valence-corrected chi connectivity index (χ3v) is 3.71. The van der Waals surface area contributed by atoms with Gasteiger partial charge in [0.1, 0.15) is 5.76 Å². The molecule has 0 spiro atoms. The zero-order valence-corrected chi connectivity index (χ0v) is 12.1. The molecule has 90 valence electrons. The topological polar surface area (TPSA) is 52.0 Å². The van der Waals surface area contributed by atoms with E-state index in [1.165, 1.54) is 0 Å². The van der Waals surface area contributed by atoms with Crippen molar-refractivity contribution in [2.24, 2.45) is 0 Å². The van der Waals surface area contributed by atoms with E-state index < -0.39 is 0 Å². The summed E-state index contributed by atoms with van der Waals surface area (Å²) in [5.41, 5.74) is 8.63. The first-order valence-corrected chi connectivity index (χ1v) is 6.94. The van der Waals surface area contributed by atoms with E-state index in [-0.39, 0.29) is 0 Å². The lowest BCUT2D eigenvalue weighted by Crippen LogP contribution is -1.88. The molecule has 0 aliphatic rings. The minimum Gasteiger partial charge on any atom is -0.437 e. The molecule has 0 aliphatic heterocycles. The number of nitrogens with zero attached hydrogens (tertiary/aromatic N) is 1. The van der Waals surface area contributed by atoms with Crippen molar-refractivity contribution in [3.05, 3.63) is 39.7 Å². The molecule has 17 heavy (non-hydrogen) atoms. The van der Waals surface area contributed by atoms with Crippen molar-refractivity contribution in [1.29, 1.82) is 0 Å². The second kappa shape index (κ2) is 5.14. The molecule has 2 N–H and O–H groups in total. The van der Waals surface area contributed by atoms with E-state index in [2.05, 4.69) is 20.9 Å². The van der Waals surface area contributed by atoms with Gasteiger partial charge in [0.25, 0.3) is 5.22 Å². The molecule has 0 saturated carbocycles. The largest absolute Gasteiger partial charge is 0.437 e. The third-order valence-electron chi connectivity index (χ3n) is 2.35. The molecule has 3 nitrogen and oxygen atoms in total. The number of aryl methyl sites for hydroxylation is 2. The van der Waals surface area contributed by atoms with Crippen LogP contribution in [0.4, 0.5) is 5.69 Å². The Labute approximate surface area is 113 Å². The predicted octanol–water partition coefficient (Wildman–Crippen LogP) is 3.93. The molecule has 1 heterocycles. The number of rotatable bonds is 3. The Balaban J connectivity index is 2.07. The summed E-state index contributed by atoms with van der Waals surface area (Å²) in [7, 11) is 0. The number of hydrogen-bond acceptors (Lipinski definition) is 4. The number of hydrogen-bond donors (Lipinski definition) is 1. The average molecular weight is 313 g/mol. The summed E-state index contributed by atoms with van der Waals surface area (Å²) in [6.07, 6.45) is 0. The van der Waals surface area contributed by atoms with E-state index in [0.717, 1.165) is 32.9 Å². The number of nitrogens with two attached hydrogens (primary N) is 1. The number of halogens is 1. The van der Waals surface area contributed by atoms with E-state index in [9.17, 15) is 0 Å². The maximum atomic E-state index is 5.78. The van der Waals surface area contributed by atoms with Gasteiger partial charge in [-0.05, 0) is 37.6 Å². The molecule has 1 aromatic heterocycles. The van der Waals surface area contributed by atoms with E-state index in [4.69, 9.17) is 10.2 Å². The highest BCUT2D eigenvalue weighted by molar-refractivity contribution is 9.10. The minimum absolute atomic E-state index is 0.707. The predicted molar refractivity (Wildman–Crippen MR) is 74.1 cm³/mol.